The monoisotopic (exact) mass is 364 g/mol. The number of ether oxygens (including phenoxy) is 1. The second-order valence-corrected chi connectivity index (χ2v) is 8.29. The van der Waals surface area contributed by atoms with Gasteiger partial charge < -0.3 is 4.74 Å². The van der Waals surface area contributed by atoms with Crippen molar-refractivity contribution < 1.29 is 13.2 Å². The Kier molecular flexibility index (Phi) is 5.41. The van der Waals surface area contributed by atoms with Gasteiger partial charge in [0, 0.05) is 32.4 Å². The van der Waals surface area contributed by atoms with E-state index >= 15 is 0 Å². The normalized spacial score (nSPS) is 18.1. The van der Waals surface area contributed by atoms with Crippen LogP contribution in [0.5, 0.6) is 5.75 Å². The third-order valence-corrected chi connectivity index (χ3v) is 5.80. The predicted molar refractivity (Wildman–Crippen MR) is 95.8 cm³/mol. The van der Waals surface area contributed by atoms with E-state index in [1.807, 2.05) is 22.9 Å². The van der Waals surface area contributed by atoms with E-state index in [4.69, 9.17) is 4.74 Å². The van der Waals surface area contributed by atoms with Crippen molar-refractivity contribution in [3.05, 3.63) is 47.8 Å². The second kappa shape index (κ2) is 7.55. The average Bonchev–Trinajstić information content (AvgIpc) is 3.09. The minimum absolute atomic E-state index is 0.0154. The van der Waals surface area contributed by atoms with Gasteiger partial charge in [0.2, 0.25) is 10.0 Å². The van der Waals surface area contributed by atoms with Crippen LogP contribution in [0.3, 0.4) is 0 Å². The Labute approximate surface area is 148 Å². The zero-order valence-corrected chi connectivity index (χ0v) is 15.4. The van der Waals surface area contributed by atoms with Gasteiger partial charge >= 0.3 is 0 Å². The van der Waals surface area contributed by atoms with Crippen LogP contribution in [0.2, 0.25) is 0 Å². The van der Waals surface area contributed by atoms with Gasteiger partial charge in [-0.1, -0.05) is 12.1 Å². The van der Waals surface area contributed by atoms with Crippen LogP contribution >= 0.6 is 0 Å². The topological polar surface area (TPSA) is 76.5 Å². The lowest BCUT2D eigenvalue weighted by atomic mass is 10.1. The first-order valence-electron chi connectivity index (χ1n) is 8.35. The molecule has 2 aromatic rings. The van der Waals surface area contributed by atoms with E-state index < -0.39 is 10.0 Å². The summed E-state index contributed by atoms with van der Waals surface area (Å²) in [5.74, 6) is 0.925. The van der Waals surface area contributed by atoms with Gasteiger partial charge in [0.25, 0.3) is 0 Å². The van der Waals surface area contributed by atoms with E-state index in [0.29, 0.717) is 6.54 Å². The lowest BCUT2D eigenvalue weighted by Gasteiger charge is -2.34. The first kappa shape index (κ1) is 17.9. The zero-order valence-electron chi connectivity index (χ0n) is 14.6. The van der Waals surface area contributed by atoms with Gasteiger partial charge in [0.15, 0.2) is 0 Å². The van der Waals surface area contributed by atoms with Crippen LogP contribution in [0.25, 0.3) is 0 Å². The van der Waals surface area contributed by atoms with E-state index in [2.05, 4.69) is 26.9 Å². The Morgan fingerprint density at radius 2 is 2.04 bits per heavy atom. The van der Waals surface area contributed by atoms with E-state index in [9.17, 15) is 8.42 Å². The maximum absolute atomic E-state index is 11.8. The van der Waals surface area contributed by atoms with Gasteiger partial charge in [0.1, 0.15) is 5.75 Å². The Bertz CT molecular complexity index is 802. The fraction of sp³-hybridized carbons (Fsp3) is 0.471. The number of nitrogens with one attached hydrogen (secondary N) is 1. The summed E-state index contributed by atoms with van der Waals surface area (Å²) in [7, 11) is -1.56. The molecule has 1 aliphatic rings. The minimum atomic E-state index is -3.21. The number of hydrogen-bond acceptors (Lipinski definition) is 5. The molecule has 0 spiro atoms. The molecule has 1 aromatic carbocycles. The van der Waals surface area contributed by atoms with Crippen LogP contribution in [-0.2, 0) is 23.1 Å². The molecule has 7 nitrogen and oxygen atoms in total. The highest BCUT2D eigenvalue weighted by atomic mass is 32.2. The van der Waals surface area contributed by atoms with Crippen molar-refractivity contribution in [1.29, 1.82) is 0 Å². The molecule has 2 heterocycles. The molecular weight excluding hydrogens is 340 g/mol. The number of benzene rings is 1. The molecule has 3 rings (SSSR count). The number of rotatable bonds is 7. The number of fused-ring (bicyclic) bond motifs is 1. The Balaban J connectivity index is 1.70. The minimum Gasteiger partial charge on any atom is -0.497 e. The fourth-order valence-electron chi connectivity index (χ4n) is 3.05. The fourth-order valence-corrected chi connectivity index (χ4v) is 3.70. The third kappa shape index (κ3) is 4.39. The number of nitrogens with zero attached hydrogens (tertiary/aromatic N) is 3. The molecule has 0 unspecified atom stereocenters. The molecule has 0 amide bonds. The molecule has 1 aliphatic heterocycles. The number of aromatic nitrogens is 2. The number of methoxy groups -OCH3 is 1. The van der Waals surface area contributed by atoms with Crippen molar-refractivity contribution >= 4 is 10.0 Å². The predicted octanol–water partition coefficient (Wildman–Crippen LogP) is 1.39. The lowest BCUT2D eigenvalue weighted by molar-refractivity contribution is 0.168. The summed E-state index contributed by atoms with van der Waals surface area (Å²) in [6.45, 7) is 4.32. The molecule has 136 valence electrons. The van der Waals surface area contributed by atoms with Crippen LogP contribution in [0.15, 0.2) is 36.5 Å². The van der Waals surface area contributed by atoms with E-state index in [1.54, 1.807) is 20.2 Å². The summed E-state index contributed by atoms with van der Waals surface area (Å²) in [5, 5.41) is 4.37. The molecule has 0 fully saturated rings. The Morgan fingerprint density at radius 3 is 2.72 bits per heavy atom. The Hall–Kier alpha value is -1.90. The van der Waals surface area contributed by atoms with Crippen LogP contribution in [0.1, 0.15) is 24.2 Å². The van der Waals surface area contributed by atoms with Gasteiger partial charge in [-0.05, 0) is 30.7 Å². The van der Waals surface area contributed by atoms with Crippen molar-refractivity contribution in [1.82, 2.24) is 19.4 Å². The summed E-state index contributed by atoms with van der Waals surface area (Å²) in [5.41, 5.74) is 2.29. The molecule has 8 heteroatoms. The molecule has 0 radical (unpaired) electrons. The molecule has 0 saturated heterocycles. The highest BCUT2D eigenvalue weighted by Crippen LogP contribution is 2.22. The molecule has 0 saturated carbocycles. The van der Waals surface area contributed by atoms with Crippen LogP contribution < -0.4 is 9.46 Å². The summed E-state index contributed by atoms with van der Waals surface area (Å²) >= 11 is 0. The van der Waals surface area contributed by atoms with Crippen molar-refractivity contribution in [2.75, 3.05) is 26.0 Å². The first-order valence-corrected chi connectivity index (χ1v) is 10.0. The lowest BCUT2D eigenvalue weighted by Crippen LogP contribution is -2.42. The number of hydrogen-bond donors (Lipinski definition) is 1. The van der Waals surface area contributed by atoms with Crippen molar-refractivity contribution in [3.63, 3.8) is 0 Å². The highest BCUT2D eigenvalue weighted by molar-refractivity contribution is 7.89. The van der Waals surface area contributed by atoms with Gasteiger partial charge in [-0.15, -0.1) is 0 Å². The highest BCUT2D eigenvalue weighted by Gasteiger charge is 2.26. The smallest absolute Gasteiger partial charge is 0.211 e. The molecule has 1 atom stereocenters. The van der Waals surface area contributed by atoms with Crippen molar-refractivity contribution in [2.45, 2.75) is 26.1 Å². The number of sulfonamides is 1. The maximum Gasteiger partial charge on any atom is 0.211 e. The van der Waals surface area contributed by atoms with Crippen molar-refractivity contribution in [3.8, 4) is 5.75 Å². The van der Waals surface area contributed by atoms with E-state index in [1.165, 1.54) is 5.56 Å². The van der Waals surface area contributed by atoms with Gasteiger partial charge in [-0.3, -0.25) is 9.58 Å². The second-order valence-electron chi connectivity index (χ2n) is 6.19. The Morgan fingerprint density at radius 1 is 1.28 bits per heavy atom. The van der Waals surface area contributed by atoms with Crippen LogP contribution in [0.4, 0.5) is 0 Å². The molecule has 0 aliphatic carbocycles. The SMILES string of the molecule is CCS(=O)(=O)NC[C@@H]1CN(Cc2ccc(OC)cc2)Cc2ccnn21. The summed E-state index contributed by atoms with van der Waals surface area (Å²) < 4.78 is 33.3. The van der Waals surface area contributed by atoms with E-state index in [0.717, 1.165) is 31.1 Å². The molecule has 1 N–H and O–H groups in total. The first-order chi connectivity index (χ1) is 12.0. The molecule has 1 aromatic heterocycles. The van der Waals surface area contributed by atoms with Gasteiger partial charge in [0.05, 0.1) is 24.6 Å². The van der Waals surface area contributed by atoms with Crippen LogP contribution in [-0.4, -0.2) is 49.1 Å². The summed E-state index contributed by atoms with van der Waals surface area (Å²) in [4.78, 5) is 2.31. The van der Waals surface area contributed by atoms with Gasteiger partial charge in [-0.2, -0.15) is 5.10 Å². The molecule has 0 bridgehead atoms. The summed E-state index contributed by atoms with van der Waals surface area (Å²) in [6, 6.07) is 9.99. The molecular formula is C17H24N4O3S. The zero-order chi connectivity index (χ0) is 17.9. The maximum atomic E-state index is 11.8. The quantitative estimate of drug-likeness (QED) is 0.803. The summed E-state index contributed by atoms with van der Waals surface area (Å²) in [6.07, 6.45) is 1.77. The average molecular weight is 364 g/mol. The molecule has 25 heavy (non-hydrogen) atoms. The van der Waals surface area contributed by atoms with Crippen molar-refractivity contribution in [2.24, 2.45) is 0 Å². The standard InChI is InChI=1S/C17H24N4O3S/c1-3-25(22,23)19-10-16-13-20(12-15-8-9-18-21(15)16)11-14-4-6-17(24-2)7-5-14/h4-9,16,19H,3,10-13H2,1-2H3/t16-/m1/s1. The largest absolute Gasteiger partial charge is 0.497 e. The van der Waals surface area contributed by atoms with Gasteiger partial charge in [-0.25, -0.2) is 13.1 Å². The van der Waals surface area contributed by atoms with Crippen LogP contribution in [0, 0.1) is 0 Å². The third-order valence-electron chi connectivity index (χ3n) is 4.44. The van der Waals surface area contributed by atoms with E-state index in [-0.39, 0.29) is 11.8 Å².